The number of carbonyl (C=O) groups excluding carboxylic acids is 2. The molecule has 0 spiro atoms. The summed E-state index contributed by atoms with van der Waals surface area (Å²) in [7, 11) is 1.32. The van der Waals surface area contributed by atoms with Crippen LogP contribution in [-0.2, 0) is 4.74 Å². The molecule has 1 aromatic rings. The number of hydrogen-bond acceptors (Lipinski definition) is 3. The molecule has 24 heavy (non-hydrogen) atoms. The average molecular weight is 331 g/mol. The molecule has 0 fully saturated rings. The molecule has 2 rings (SSSR count). The first-order valence-corrected chi connectivity index (χ1v) is 7.89. The predicted octanol–water partition coefficient (Wildman–Crippen LogP) is 4.13. The third-order valence-electron chi connectivity index (χ3n) is 4.02. The van der Waals surface area contributed by atoms with E-state index in [-0.39, 0.29) is 11.8 Å². The molecule has 1 aliphatic rings. The second-order valence-electron chi connectivity index (χ2n) is 6.13. The Kier molecular flexibility index (Phi) is 5.54. The molecule has 4 nitrogen and oxygen atoms in total. The summed E-state index contributed by atoms with van der Waals surface area (Å²) < 4.78 is 18.0. The maximum absolute atomic E-state index is 13.1. The Morgan fingerprint density at radius 1 is 1.25 bits per heavy atom. The molecule has 1 aliphatic carbocycles. The van der Waals surface area contributed by atoms with E-state index < -0.39 is 18.0 Å². The topological polar surface area (TPSA) is 46.6 Å². The van der Waals surface area contributed by atoms with Crippen LogP contribution in [0.15, 0.2) is 47.6 Å². The maximum Gasteiger partial charge on any atom is 0.410 e. The van der Waals surface area contributed by atoms with Crippen LogP contribution < -0.4 is 0 Å². The SMILES string of the molecule is COC(=O)N(C(C)C)C1C=C(C)CC=C1C(=O)c1ccc(F)cc1. The van der Waals surface area contributed by atoms with Crippen molar-refractivity contribution in [3.05, 3.63) is 58.9 Å². The van der Waals surface area contributed by atoms with E-state index in [9.17, 15) is 14.0 Å². The van der Waals surface area contributed by atoms with Gasteiger partial charge in [0.2, 0.25) is 0 Å². The molecule has 0 N–H and O–H groups in total. The summed E-state index contributed by atoms with van der Waals surface area (Å²) in [5.74, 6) is -0.604. The molecule has 1 atom stereocenters. The van der Waals surface area contributed by atoms with Crippen molar-refractivity contribution in [3.63, 3.8) is 0 Å². The van der Waals surface area contributed by atoms with E-state index in [1.165, 1.54) is 36.3 Å². The number of ether oxygens (including phenoxy) is 1. The van der Waals surface area contributed by atoms with E-state index in [2.05, 4.69) is 0 Å². The van der Waals surface area contributed by atoms with Crippen LogP contribution in [0, 0.1) is 5.82 Å². The van der Waals surface area contributed by atoms with Gasteiger partial charge in [0.25, 0.3) is 0 Å². The normalized spacial score (nSPS) is 17.2. The highest BCUT2D eigenvalue weighted by atomic mass is 19.1. The first-order chi connectivity index (χ1) is 11.3. The van der Waals surface area contributed by atoms with Crippen molar-refractivity contribution < 1.29 is 18.7 Å². The van der Waals surface area contributed by atoms with Gasteiger partial charge in [-0.1, -0.05) is 17.7 Å². The Hall–Kier alpha value is -2.43. The minimum absolute atomic E-state index is 0.144. The molecule has 1 amide bonds. The summed E-state index contributed by atoms with van der Waals surface area (Å²) in [6.07, 6.45) is 3.91. The van der Waals surface area contributed by atoms with Gasteiger partial charge in [0.05, 0.1) is 13.2 Å². The minimum Gasteiger partial charge on any atom is -0.453 e. The van der Waals surface area contributed by atoms with E-state index >= 15 is 0 Å². The first-order valence-electron chi connectivity index (χ1n) is 7.89. The Morgan fingerprint density at radius 3 is 2.42 bits per heavy atom. The van der Waals surface area contributed by atoms with Crippen LogP contribution in [0.3, 0.4) is 0 Å². The van der Waals surface area contributed by atoms with Crippen molar-refractivity contribution in [2.45, 2.75) is 39.3 Å². The molecule has 0 saturated heterocycles. The molecule has 0 radical (unpaired) electrons. The summed E-state index contributed by atoms with van der Waals surface area (Å²) in [5.41, 5.74) is 1.98. The molecular weight excluding hydrogens is 309 g/mol. The number of ketones is 1. The fraction of sp³-hybridized carbons (Fsp3) is 0.368. The fourth-order valence-electron chi connectivity index (χ4n) is 2.80. The van der Waals surface area contributed by atoms with Crippen LogP contribution in [-0.4, -0.2) is 36.0 Å². The van der Waals surface area contributed by atoms with Gasteiger partial charge >= 0.3 is 6.09 Å². The second kappa shape index (κ2) is 7.43. The lowest BCUT2D eigenvalue weighted by Gasteiger charge is -2.35. The molecular formula is C19H22FNO3. The number of carbonyl (C=O) groups is 2. The molecule has 128 valence electrons. The number of nitrogens with zero attached hydrogens (tertiary/aromatic N) is 1. The van der Waals surface area contributed by atoms with Crippen molar-refractivity contribution in [1.29, 1.82) is 0 Å². The van der Waals surface area contributed by atoms with Crippen molar-refractivity contribution in [2.24, 2.45) is 0 Å². The lowest BCUT2D eigenvalue weighted by Crippen LogP contribution is -2.46. The van der Waals surface area contributed by atoms with Crippen LogP contribution >= 0.6 is 0 Å². The molecule has 0 bridgehead atoms. The van der Waals surface area contributed by atoms with Crippen molar-refractivity contribution in [1.82, 2.24) is 4.90 Å². The Balaban J connectivity index is 2.41. The third kappa shape index (κ3) is 3.72. The Morgan fingerprint density at radius 2 is 1.88 bits per heavy atom. The molecule has 5 heteroatoms. The van der Waals surface area contributed by atoms with E-state index in [1.54, 1.807) is 0 Å². The number of amides is 1. The van der Waals surface area contributed by atoms with Gasteiger partial charge in [-0.3, -0.25) is 9.69 Å². The minimum atomic E-state index is -0.497. The predicted molar refractivity (Wildman–Crippen MR) is 90.4 cm³/mol. The van der Waals surface area contributed by atoms with E-state index in [0.717, 1.165) is 5.57 Å². The van der Waals surface area contributed by atoms with Gasteiger partial charge in [-0.25, -0.2) is 9.18 Å². The summed E-state index contributed by atoms with van der Waals surface area (Å²) in [5, 5.41) is 0. The van der Waals surface area contributed by atoms with Gasteiger partial charge in [0.15, 0.2) is 5.78 Å². The quantitative estimate of drug-likeness (QED) is 0.615. The van der Waals surface area contributed by atoms with E-state index in [0.29, 0.717) is 17.6 Å². The highest BCUT2D eigenvalue weighted by Crippen LogP contribution is 2.27. The fourth-order valence-corrected chi connectivity index (χ4v) is 2.80. The maximum atomic E-state index is 13.1. The van der Waals surface area contributed by atoms with Gasteiger partial charge in [-0.15, -0.1) is 0 Å². The van der Waals surface area contributed by atoms with Gasteiger partial charge in [0.1, 0.15) is 5.82 Å². The largest absolute Gasteiger partial charge is 0.453 e. The van der Waals surface area contributed by atoms with Crippen LogP contribution in [0.4, 0.5) is 9.18 Å². The lowest BCUT2D eigenvalue weighted by molar-refractivity contribution is 0.0945. The molecule has 0 aromatic heterocycles. The van der Waals surface area contributed by atoms with Crippen LogP contribution in [0.2, 0.25) is 0 Å². The zero-order valence-electron chi connectivity index (χ0n) is 14.4. The standard InChI is InChI=1S/C19H22FNO3/c1-12(2)21(19(23)24-4)17-11-13(3)5-10-16(17)18(22)14-6-8-15(20)9-7-14/h6-12,17H,5H2,1-4H3. The number of rotatable bonds is 4. The van der Waals surface area contributed by atoms with Gasteiger partial charge < -0.3 is 4.74 Å². The number of benzene rings is 1. The smallest absolute Gasteiger partial charge is 0.410 e. The third-order valence-corrected chi connectivity index (χ3v) is 4.02. The number of methoxy groups -OCH3 is 1. The lowest BCUT2D eigenvalue weighted by atomic mass is 9.88. The van der Waals surface area contributed by atoms with Crippen LogP contribution in [0.5, 0.6) is 0 Å². The summed E-state index contributed by atoms with van der Waals surface area (Å²) >= 11 is 0. The van der Waals surface area contributed by atoms with Crippen LogP contribution in [0.25, 0.3) is 0 Å². The first kappa shape index (κ1) is 17.9. The molecule has 0 heterocycles. The Labute approximate surface area is 141 Å². The number of halogens is 1. The highest BCUT2D eigenvalue weighted by molar-refractivity contribution is 6.10. The average Bonchev–Trinajstić information content (AvgIpc) is 2.54. The zero-order valence-corrected chi connectivity index (χ0v) is 14.4. The molecule has 0 aliphatic heterocycles. The monoisotopic (exact) mass is 331 g/mol. The van der Waals surface area contributed by atoms with Gasteiger partial charge in [-0.05, 0) is 51.5 Å². The van der Waals surface area contributed by atoms with Crippen molar-refractivity contribution in [3.8, 4) is 0 Å². The summed E-state index contributed by atoms with van der Waals surface area (Å²) in [6, 6.07) is 4.79. The Bertz CT molecular complexity index is 689. The second-order valence-corrected chi connectivity index (χ2v) is 6.13. The molecule has 1 aromatic carbocycles. The van der Waals surface area contributed by atoms with Crippen molar-refractivity contribution in [2.75, 3.05) is 7.11 Å². The van der Waals surface area contributed by atoms with E-state index in [4.69, 9.17) is 4.74 Å². The summed E-state index contributed by atoms with van der Waals surface area (Å²) in [4.78, 5) is 26.6. The van der Waals surface area contributed by atoms with Gasteiger partial charge in [-0.2, -0.15) is 0 Å². The molecule has 1 unspecified atom stereocenters. The summed E-state index contributed by atoms with van der Waals surface area (Å²) in [6.45, 7) is 5.70. The number of Topliss-reactive ketones (excluding diaryl/α,β-unsaturated/α-hetero) is 1. The number of hydrogen-bond donors (Lipinski definition) is 0. The number of allylic oxidation sites excluding steroid dienone is 2. The van der Waals surface area contributed by atoms with Crippen molar-refractivity contribution >= 4 is 11.9 Å². The van der Waals surface area contributed by atoms with Crippen LogP contribution in [0.1, 0.15) is 37.6 Å². The van der Waals surface area contributed by atoms with E-state index in [1.807, 2.05) is 32.9 Å². The molecule has 0 saturated carbocycles. The van der Waals surface area contributed by atoms with Gasteiger partial charge in [0, 0.05) is 17.2 Å². The highest BCUT2D eigenvalue weighted by Gasteiger charge is 2.33. The zero-order chi connectivity index (χ0) is 17.9.